The molecule has 1 fully saturated rings. The third-order valence-corrected chi connectivity index (χ3v) is 10.3. The number of aryl methyl sites for hydroxylation is 6. The first-order valence-electron chi connectivity index (χ1n) is 18.8. The lowest BCUT2D eigenvalue weighted by Gasteiger charge is -2.27. The Hall–Kier alpha value is -5.87. The molecule has 4 aromatic heterocycles. The molecule has 0 radical (unpaired) electrons. The molecular formula is C39H48N12O4. The van der Waals surface area contributed by atoms with Gasteiger partial charge < -0.3 is 19.6 Å². The van der Waals surface area contributed by atoms with E-state index in [9.17, 15) is 14.4 Å². The summed E-state index contributed by atoms with van der Waals surface area (Å²) >= 11 is 0. The molecule has 1 aliphatic rings. The summed E-state index contributed by atoms with van der Waals surface area (Å²) in [7, 11) is 3.73. The molecule has 0 spiro atoms. The fourth-order valence-corrected chi connectivity index (χ4v) is 7.44. The van der Waals surface area contributed by atoms with Crippen LogP contribution in [-0.2, 0) is 44.9 Å². The SMILES string of the molecule is CCn1nc(C)c(CCCCCn2nc(C)cc2C(=O)Nc2nc3ccccc3n2C)c1C(=O)Nc1nc2cc(C(N)=O)cc(CN3CCOCC3)c2n1C. The van der Waals surface area contributed by atoms with Gasteiger partial charge in [-0.25, -0.2) is 9.97 Å². The Kier molecular flexibility index (Phi) is 10.8. The van der Waals surface area contributed by atoms with E-state index in [1.165, 1.54) is 0 Å². The van der Waals surface area contributed by atoms with Crippen molar-refractivity contribution in [3.63, 3.8) is 0 Å². The topological polar surface area (TPSA) is 185 Å². The van der Waals surface area contributed by atoms with E-state index in [4.69, 9.17) is 20.6 Å². The summed E-state index contributed by atoms with van der Waals surface area (Å²) in [5, 5.41) is 15.3. The van der Waals surface area contributed by atoms with Gasteiger partial charge in [-0.3, -0.25) is 39.3 Å². The summed E-state index contributed by atoms with van der Waals surface area (Å²) in [5.41, 5.74) is 13.5. The van der Waals surface area contributed by atoms with E-state index in [0.717, 1.165) is 71.4 Å². The van der Waals surface area contributed by atoms with Crippen LogP contribution in [0.5, 0.6) is 0 Å². The van der Waals surface area contributed by atoms with E-state index in [-0.39, 0.29) is 11.8 Å². The zero-order chi connectivity index (χ0) is 38.8. The van der Waals surface area contributed by atoms with Crippen molar-refractivity contribution in [1.29, 1.82) is 0 Å². The average molecular weight is 749 g/mol. The quantitative estimate of drug-likeness (QED) is 0.136. The van der Waals surface area contributed by atoms with Crippen molar-refractivity contribution in [1.82, 2.24) is 43.6 Å². The smallest absolute Gasteiger partial charge is 0.276 e. The average Bonchev–Trinajstić information content (AvgIpc) is 3.90. The predicted molar refractivity (Wildman–Crippen MR) is 209 cm³/mol. The molecule has 7 rings (SSSR count). The largest absolute Gasteiger partial charge is 0.379 e. The molecule has 16 heteroatoms. The second-order valence-electron chi connectivity index (χ2n) is 14.1. The van der Waals surface area contributed by atoms with Gasteiger partial charge in [0.1, 0.15) is 11.4 Å². The van der Waals surface area contributed by atoms with Gasteiger partial charge in [-0.1, -0.05) is 18.6 Å². The Bertz CT molecular complexity index is 2390. The Balaban J connectivity index is 1.02. The number of nitrogens with zero attached hydrogens (tertiary/aromatic N) is 9. The van der Waals surface area contributed by atoms with Crippen LogP contribution in [0.2, 0.25) is 0 Å². The number of unbranched alkanes of at least 4 members (excludes halogenated alkanes) is 2. The number of anilines is 2. The van der Waals surface area contributed by atoms with Gasteiger partial charge in [0.2, 0.25) is 17.8 Å². The van der Waals surface area contributed by atoms with Crippen LogP contribution in [0, 0.1) is 13.8 Å². The maximum atomic E-state index is 14.0. The van der Waals surface area contributed by atoms with Crippen molar-refractivity contribution >= 4 is 51.7 Å². The summed E-state index contributed by atoms with van der Waals surface area (Å²) < 4.78 is 12.7. The summed E-state index contributed by atoms with van der Waals surface area (Å²) in [5.74, 6) is -0.263. The number of amides is 3. The van der Waals surface area contributed by atoms with Gasteiger partial charge in [0, 0.05) is 57.9 Å². The zero-order valence-electron chi connectivity index (χ0n) is 32.1. The van der Waals surface area contributed by atoms with E-state index in [1.807, 2.05) is 74.3 Å². The Morgan fingerprint density at radius 1 is 0.855 bits per heavy atom. The highest BCUT2D eigenvalue weighted by atomic mass is 16.5. The standard InChI is InChI=1S/C39H48N12O4/c1-6-50-34(37(54)44-39-42-30-22-26(35(40)52)21-27(33(30)48(39)5)23-49-16-18-55-19-17-49)28(25(3)46-50)12-8-7-11-15-51-32(20-24(2)45-51)36(53)43-38-41-29-13-9-10-14-31(29)47(38)4/h9-10,13-14,20-22H,6-8,11-12,15-19,23H2,1-5H3,(H2,40,52)(H,41,43,53)(H,42,44,54). The first-order valence-corrected chi connectivity index (χ1v) is 18.8. The molecule has 16 nitrogen and oxygen atoms in total. The van der Waals surface area contributed by atoms with Gasteiger partial charge in [0.05, 0.1) is 46.7 Å². The van der Waals surface area contributed by atoms with Crippen LogP contribution in [0.25, 0.3) is 22.1 Å². The van der Waals surface area contributed by atoms with Crippen molar-refractivity contribution in [2.45, 2.75) is 66.1 Å². The zero-order valence-corrected chi connectivity index (χ0v) is 32.1. The molecule has 3 amide bonds. The minimum atomic E-state index is -0.534. The van der Waals surface area contributed by atoms with E-state index in [2.05, 4.69) is 25.6 Å². The van der Waals surface area contributed by atoms with Crippen LogP contribution in [0.4, 0.5) is 11.9 Å². The van der Waals surface area contributed by atoms with Crippen LogP contribution >= 0.6 is 0 Å². The maximum Gasteiger partial charge on any atom is 0.276 e. The molecule has 2 aromatic carbocycles. The first kappa shape index (κ1) is 37.4. The molecule has 0 saturated carbocycles. The molecule has 4 N–H and O–H groups in total. The number of ether oxygens (including phenoxy) is 1. The fraction of sp³-hybridized carbons (Fsp3) is 0.410. The fourth-order valence-electron chi connectivity index (χ4n) is 7.44. The molecule has 1 saturated heterocycles. The van der Waals surface area contributed by atoms with E-state index < -0.39 is 5.91 Å². The van der Waals surface area contributed by atoms with Crippen molar-refractivity contribution in [3.05, 3.63) is 81.9 Å². The van der Waals surface area contributed by atoms with Crippen LogP contribution in [0.15, 0.2) is 42.5 Å². The minimum Gasteiger partial charge on any atom is -0.379 e. The van der Waals surface area contributed by atoms with Crippen molar-refractivity contribution in [3.8, 4) is 0 Å². The highest BCUT2D eigenvalue weighted by Crippen LogP contribution is 2.27. The van der Waals surface area contributed by atoms with Gasteiger partial charge in [-0.2, -0.15) is 10.2 Å². The van der Waals surface area contributed by atoms with Gasteiger partial charge in [0.15, 0.2) is 0 Å². The highest BCUT2D eigenvalue weighted by Gasteiger charge is 2.25. The van der Waals surface area contributed by atoms with E-state index >= 15 is 0 Å². The summed E-state index contributed by atoms with van der Waals surface area (Å²) in [6, 6.07) is 13.0. The van der Waals surface area contributed by atoms with Crippen LogP contribution in [0.1, 0.15) is 80.0 Å². The Morgan fingerprint density at radius 3 is 2.33 bits per heavy atom. The molecule has 1 aliphatic heterocycles. The van der Waals surface area contributed by atoms with Crippen molar-refractivity contribution < 1.29 is 19.1 Å². The lowest BCUT2D eigenvalue weighted by Crippen LogP contribution is -2.35. The van der Waals surface area contributed by atoms with Gasteiger partial charge in [0.25, 0.3) is 11.8 Å². The second kappa shape index (κ2) is 15.8. The number of imidazole rings is 2. The number of rotatable bonds is 14. The highest BCUT2D eigenvalue weighted by molar-refractivity contribution is 6.05. The molecule has 0 unspecified atom stereocenters. The number of nitrogens with two attached hydrogens (primary N) is 1. The van der Waals surface area contributed by atoms with Crippen LogP contribution < -0.4 is 16.4 Å². The number of aromatic nitrogens is 8. The van der Waals surface area contributed by atoms with Gasteiger partial charge >= 0.3 is 0 Å². The molecule has 0 aliphatic carbocycles. The molecule has 0 bridgehead atoms. The third-order valence-electron chi connectivity index (χ3n) is 10.3. The van der Waals surface area contributed by atoms with Gasteiger partial charge in [-0.15, -0.1) is 0 Å². The van der Waals surface area contributed by atoms with Crippen molar-refractivity contribution in [2.75, 3.05) is 36.9 Å². The normalized spacial score (nSPS) is 13.5. The third kappa shape index (κ3) is 7.73. The second-order valence-corrected chi connectivity index (χ2v) is 14.1. The number of nitrogens with one attached hydrogen (secondary N) is 2. The maximum absolute atomic E-state index is 14.0. The predicted octanol–water partition coefficient (Wildman–Crippen LogP) is 4.34. The number of fused-ring (bicyclic) bond motifs is 2. The van der Waals surface area contributed by atoms with E-state index in [0.29, 0.717) is 73.6 Å². The summed E-state index contributed by atoms with van der Waals surface area (Å²) in [6.45, 7) is 10.3. The Morgan fingerprint density at radius 2 is 1.58 bits per heavy atom. The number of morpholine rings is 1. The van der Waals surface area contributed by atoms with Gasteiger partial charge in [-0.05, 0) is 75.9 Å². The monoisotopic (exact) mass is 748 g/mol. The number of carbonyl (C=O) groups is 3. The summed E-state index contributed by atoms with van der Waals surface area (Å²) in [4.78, 5) is 51.2. The lowest BCUT2D eigenvalue weighted by molar-refractivity contribution is 0.0343. The van der Waals surface area contributed by atoms with Crippen LogP contribution in [0.3, 0.4) is 0 Å². The number of primary amides is 1. The number of hydrogen-bond donors (Lipinski definition) is 3. The molecule has 288 valence electrons. The lowest BCUT2D eigenvalue weighted by atomic mass is 10.0. The van der Waals surface area contributed by atoms with Crippen molar-refractivity contribution in [2.24, 2.45) is 19.8 Å². The molecule has 6 aromatic rings. The van der Waals surface area contributed by atoms with Crippen LogP contribution in [-0.4, -0.2) is 87.6 Å². The number of hydrogen-bond acceptors (Lipinski definition) is 9. The Labute approximate surface area is 318 Å². The number of para-hydroxylation sites is 2. The summed E-state index contributed by atoms with van der Waals surface area (Å²) in [6.07, 6.45) is 3.10. The van der Waals surface area contributed by atoms with E-state index in [1.54, 1.807) is 21.5 Å². The molecule has 55 heavy (non-hydrogen) atoms. The molecular weight excluding hydrogens is 701 g/mol. The number of carbonyl (C=O) groups excluding carboxylic acids is 3. The minimum absolute atomic E-state index is 0.264. The molecule has 0 atom stereocenters. The number of benzene rings is 2. The first-order chi connectivity index (χ1) is 26.5. The molecule has 5 heterocycles.